The summed E-state index contributed by atoms with van der Waals surface area (Å²) in [5.74, 6) is 0.597. The Morgan fingerprint density at radius 3 is 2.21 bits per heavy atom. The second kappa shape index (κ2) is 6.53. The van der Waals surface area contributed by atoms with Crippen LogP contribution in [0.1, 0.15) is 59.9 Å². The quantitative estimate of drug-likeness (QED) is 0.780. The van der Waals surface area contributed by atoms with E-state index in [1.165, 1.54) is 0 Å². The third-order valence-electron chi connectivity index (χ3n) is 5.16. The Balaban J connectivity index is 1.79. The highest BCUT2D eigenvalue weighted by Gasteiger charge is 2.53. The van der Waals surface area contributed by atoms with E-state index in [1.54, 1.807) is 6.92 Å². The lowest BCUT2D eigenvalue weighted by atomic mass is 9.62. The Hall–Kier alpha value is -1.99. The maximum atomic E-state index is 12.4. The van der Waals surface area contributed by atoms with Crippen molar-refractivity contribution in [3.05, 3.63) is 42.2 Å². The molecule has 1 heterocycles. The predicted molar refractivity (Wildman–Crippen MR) is 108 cm³/mol. The molecule has 6 nitrogen and oxygen atoms in total. The van der Waals surface area contributed by atoms with Crippen LogP contribution in [0.4, 0.5) is 4.79 Å². The molecule has 1 amide bonds. The number of hydrogen-bond donors (Lipinski definition) is 2. The summed E-state index contributed by atoms with van der Waals surface area (Å²) < 4.78 is 17.1. The van der Waals surface area contributed by atoms with Crippen molar-refractivity contribution in [2.24, 2.45) is 0 Å². The number of hydrogen-bond acceptors (Lipinski definition) is 5. The first-order chi connectivity index (χ1) is 12.7. The number of nitrogens with one attached hydrogen (secondary N) is 1. The van der Waals surface area contributed by atoms with Crippen molar-refractivity contribution in [2.75, 3.05) is 0 Å². The largest absolute Gasteiger partial charge is 0.563 e. The van der Waals surface area contributed by atoms with Crippen LogP contribution in [0.5, 0.6) is 0 Å². The summed E-state index contributed by atoms with van der Waals surface area (Å²) in [5, 5.41) is 13.3. The monoisotopic (exact) mass is 387 g/mol. The average molecular weight is 387 g/mol. The van der Waals surface area contributed by atoms with E-state index >= 15 is 0 Å². The van der Waals surface area contributed by atoms with E-state index in [0.29, 0.717) is 18.6 Å². The summed E-state index contributed by atoms with van der Waals surface area (Å²) in [6, 6.07) is 7.70. The molecule has 2 aliphatic rings. The van der Waals surface area contributed by atoms with Crippen molar-refractivity contribution in [2.45, 2.75) is 76.7 Å². The lowest BCUT2D eigenvalue weighted by Crippen LogP contribution is -2.62. The average Bonchev–Trinajstić information content (AvgIpc) is 2.77. The van der Waals surface area contributed by atoms with Gasteiger partial charge in [0.05, 0.1) is 16.9 Å². The Morgan fingerprint density at radius 2 is 1.79 bits per heavy atom. The molecule has 0 atom stereocenters. The normalized spacial score (nSPS) is 29.1. The van der Waals surface area contributed by atoms with Gasteiger partial charge in [0.2, 0.25) is 0 Å². The van der Waals surface area contributed by atoms with E-state index in [-0.39, 0.29) is 0 Å². The van der Waals surface area contributed by atoms with Crippen LogP contribution in [0, 0.1) is 0 Å². The maximum Gasteiger partial charge on any atom is 0.563 e. The molecular formula is C21H30BNO5. The van der Waals surface area contributed by atoms with Crippen LogP contribution in [0.15, 0.2) is 36.6 Å². The number of aliphatic hydroxyl groups is 1. The molecule has 1 aliphatic carbocycles. The van der Waals surface area contributed by atoms with Gasteiger partial charge in [-0.15, -0.1) is 0 Å². The van der Waals surface area contributed by atoms with E-state index in [1.807, 2.05) is 58.9 Å². The highest BCUT2D eigenvalue weighted by molar-refractivity contribution is 6.62. The fraction of sp³-hybridized carbons (Fsp3) is 0.571. The molecule has 1 saturated heterocycles. The molecule has 0 bridgehead atoms. The highest BCUT2D eigenvalue weighted by Crippen LogP contribution is 2.48. The fourth-order valence-corrected chi connectivity index (χ4v) is 3.84. The second-order valence-electron chi connectivity index (χ2n) is 9.68. The van der Waals surface area contributed by atoms with Gasteiger partial charge in [-0.25, -0.2) is 4.79 Å². The molecule has 0 unspecified atom stereocenters. The lowest BCUT2D eigenvalue weighted by molar-refractivity contribution is -0.0892. The Morgan fingerprint density at radius 1 is 1.21 bits per heavy atom. The third kappa shape index (κ3) is 4.20. The molecule has 1 aliphatic heterocycles. The van der Waals surface area contributed by atoms with Crippen LogP contribution in [0.25, 0.3) is 0 Å². The molecule has 7 heteroatoms. The molecule has 1 saturated carbocycles. The van der Waals surface area contributed by atoms with Crippen molar-refractivity contribution >= 4 is 18.7 Å². The topological polar surface area (TPSA) is 77.0 Å². The van der Waals surface area contributed by atoms with Gasteiger partial charge in [0.25, 0.3) is 0 Å². The van der Waals surface area contributed by atoms with Crippen LogP contribution in [-0.4, -0.2) is 35.1 Å². The minimum absolute atomic E-state index is 0.416. The van der Waals surface area contributed by atoms with E-state index in [2.05, 4.69) is 11.9 Å². The van der Waals surface area contributed by atoms with Gasteiger partial charge in [0.15, 0.2) is 0 Å². The van der Waals surface area contributed by atoms with Crippen molar-refractivity contribution in [1.82, 2.24) is 5.32 Å². The summed E-state index contributed by atoms with van der Waals surface area (Å²) >= 11 is 0. The van der Waals surface area contributed by atoms with Gasteiger partial charge in [0.1, 0.15) is 11.2 Å². The first kappa shape index (κ1) is 20.7. The smallest absolute Gasteiger partial charge is 0.534 e. The minimum Gasteiger partial charge on any atom is -0.534 e. The Bertz CT molecular complexity index is 771. The molecule has 0 spiro atoms. The van der Waals surface area contributed by atoms with Gasteiger partial charge in [0, 0.05) is 12.8 Å². The third-order valence-corrected chi connectivity index (χ3v) is 5.16. The van der Waals surface area contributed by atoms with Crippen LogP contribution in [-0.2, 0) is 19.6 Å². The number of ether oxygens (including phenoxy) is 1. The van der Waals surface area contributed by atoms with Gasteiger partial charge >= 0.3 is 13.2 Å². The van der Waals surface area contributed by atoms with Crippen molar-refractivity contribution in [1.29, 1.82) is 0 Å². The minimum atomic E-state index is -0.826. The molecule has 2 fully saturated rings. The molecule has 0 radical (unpaired) electrons. The molecule has 3 rings (SSSR count). The number of carbonyl (C=O) groups excluding carboxylic acids is 1. The zero-order valence-electron chi connectivity index (χ0n) is 17.6. The number of alkyl carbamates (subject to hydrolysis) is 1. The highest BCUT2D eigenvalue weighted by atomic mass is 16.7. The first-order valence-electron chi connectivity index (χ1n) is 9.59. The van der Waals surface area contributed by atoms with Gasteiger partial charge in [-0.2, -0.15) is 0 Å². The molecule has 152 valence electrons. The van der Waals surface area contributed by atoms with E-state index in [4.69, 9.17) is 14.0 Å². The number of carbonyl (C=O) groups is 1. The van der Waals surface area contributed by atoms with Crippen LogP contribution >= 0.6 is 0 Å². The van der Waals surface area contributed by atoms with Crippen LogP contribution in [0.3, 0.4) is 0 Å². The van der Waals surface area contributed by atoms with E-state index < -0.39 is 35.6 Å². The van der Waals surface area contributed by atoms with Gasteiger partial charge in [-0.1, -0.05) is 30.8 Å². The molecule has 28 heavy (non-hydrogen) atoms. The van der Waals surface area contributed by atoms with Gasteiger partial charge < -0.3 is 24.5 Å². The molecular weight excluding hydrogens is 357 g/mol. The van der Waals surface area contributed by atoms with Gasteiger partial charge in [-0.05, 0) is 52.6 Å². The second-order valence-corrected chi connectivity index (χ2v) is 9.68. The zero-order chi connectivity index (χ0) is 21.0. The van der Waals surface area contributed by atoms with Crippen LogP contribution in [0.2, 0.25) is 0 Å². The SMILES string of the molecule is C=C1OB(c2ccc(C3(NC(=O)OC(C)(C)C)CC(C)(O)C3)cc2)OC1(C)C. The van der Waals surface area contributed by atoms with E-state index in [9.17, 15) is 9.90 Å². The first-order valence-corrected chi connectivity index (χ1v) is 9.59. The molecule has 2 N–H and O–H groups in total. The standard InChI is InChI=1S/C21H30BNO5/c1-14-19(5,6)28-22(27-14)16-10-8-15(9-11-16)21(12-20(7,25)13-21)23-17(24)26-18(2,3)4/h8-11,25H,1,12-13H2,2-7H3,(H,23,24). The van der Waals surface area contributed by atoms with Crippen LogP contribution < -0.4 is 10.8 Å². The summed E-state index contributed by atoms with van der Waals surface area (Å²) in [7, 11) is -0.504. The van der Waals surface area contributed by atoms with Gasteiger partial charge in [-0.3, -0.25) is 0 Å². The van der Waals surface area contributed by atoms with Crippen molar-refractivity contribution in [3.63, 3.8) is 0 Å². The Kier molecular flexibility index (Phi) is 4.83. The zero-order valence-corrected chi connectivity index (χ0v) is 17.6. The number of rotatable bonds is 3. The predicted octanol–water partition coefficient (Wildman–Crippen LogP) is 2.99. The summed E-state index contributed by atoms with van der Waals surface area (Å²) in [6.07, 6.45) is 0.338. The fourth-order valence-electron chi connectivity index (χ4n) is 3.84. The maximum absolute atomic E-state index is 12.4. The van der Waals surface area contributed by atoms with Crippen molar-refractivity contribution < 1.29 is 23.9 Å². The summed E-state index contributed by atoms with van der Waals surface area (Å²) in [6.45, 7) is 15.0. The van der Waals surface area contributed by atoms with Crippen molar-refractivity contribution in [3.8, 4) is 0 Å². The number of benzene rings is 1. The Labute approximate surface area is 167 Å². The lowest BCUT2D eigenvalue weighted by Gasteiger charge is -2.52. The molecule has 1 aromatic rings. The van der Waals surface area contributed by atoms with E-state index in [0.717, 1.165) is 11.0 Å². The molecule has 1 aromatic carbocycles. The molecule has 0 aromatic heterocycles. The summed E-state index contributed by atoms with van der Waals surface area (Å²) in [4.78, 5) is 12.4. The number of amides is 1. The summed E-state index contributed by atoms with van der Waals surface area (Å²) in [5.41, 5.74) is -0.834.